The molecule has 3 atom stereocenters. The van der Waals surface area contributed by atoms with Gasteiger partial charge in [0.2, 0.25) is 5.91 Å². The van der Waals surface area contributed by atoms with E-state index in [1.165, 1.54) is 23.6 Å². The molecule has 0 bridgehead atoms. The summed E-state index contributed by atoms with van der Waals surface area (Å²) >= 11 is 1.36. The minimum atomic E-state index is -1.77. The number of carbonyl (C=O) groups is 3. The Morgan fingerprint density at radius 1 is 1.41 bits per heavy atom. The van der Waals surface area contributed by atoms with E-state index in [1.807, 2.05) is 0 Å². The summed E-state index contributed by atoms with van der Waals surface area (Å²) in [4.78, 5) is 36.3. The van der Waals surface area contributed by atoms with Gasteiger partial charge >= 0.3 is 11.9 Å². The van der Waals surface area contributed by atoms with Gasteiger partial charge in [0.25, 0.3) is 0 Å². The first-order valence-corrected chi connectivity index (χ1v) is 11.4. The van der Waals surface area contributed by atoms with Crippen LogP contribution in [0.4, 0.5) is 0 Å². The number of esters is 1. The van der Waals surface area contributed by atoms with Gasteiger partial charge in [0.1, 0.15) is 12.3 Å². The first-order chi connectivity index (χ1) is 10.1. The molecule has 1 fully saturated rings. The fourth-order valence-corrected chi connectivity index (χ4v) is 7.33. The lowest BCUT2D eigenvalue weighted by atomic mass is 10.1. The van der Waals surface area contributed by atoms with Crippen molar-refractivity contribution < 1.29 is 24.2 Å². The van der Waals surface area contributed by atoms with E-state index in [4.69, 9.17) is 10.5 Å². The van der Waals surface area contributed by atoms with Crippen LogP contribution >= 0.6 is 11.8 Å². The lowest BCUT2D eigenvalue weighted by Crippen LogP contribution is -2.65. The van der Waals surface area contributed by atoms with Gasteiger partial charge in [-0.15, -0.1) is 11.8 Å². The molecule has 2 heterocycles. The number of carboxylic acid groups (broad SMARTS) is 1. The Morgan fingerprint density at radius 2 is 2.00 bits per heavy atom. The smallest absolute Gasteiger partial charge is 0.352 e. The number of hydrogen-bond acceptors (Lipinski definition) is 6. The largest absolute Gasteiger partial charge is 0.477 e. The zero-order valence-corrected chi connectivity index (χ0v) is 14.8. The molecule has 2 rings (SSSR count). The van der Waals surface area contributed by atoms with Crippen LogP contribution in [0.5, 0.6) is 0 Å². The molecular weight excluding hydrogens is 324 g/mol. The second kappa shape index (κ2) is 5.71. The number of carbonyl (C=O) groups excluding carboxylic acids is 2. The molecule has 0 aromatic heterocycles. The van der Waals surface area contributed by atoms with Gasteiger partial charge in [-0.25, -0.2) is 4.79 Å². The molecule has 9 heteroatoms. The van der Waals surface area contributed by atoms with Gasteiger partial charge in [-0.2, -0.15) is 0 Å². The highest BCUT2D eigenvalue weighted by Crippen LogP contribution is 2.52. The highest BCUT2D eigenvalue weighted by Gasteiger charge is 2.59. The zero-order valence-electron chi connectivity index (χ0n) is 13.0. The summed E-state index contributed by atoms with van der Waals surface area (Å²) in [6, 6.07) is 0. The van der Waals surface area contributed by atoms with Crippen LogP contribution in [0.15, 0.2) is 11.3 Å². The van der Waals surface area contributed by atoms with E-state index in [0.717, 1.165) is 0 Å². The van der Waals surface area contributed by atoms with Crippen LogP contribution in [0.25, 0.3) is 0 Å². The van der Waals surface area contributed by atoms with Gasteiger partial charge < -0.3 is 15.6 Å². The number of nitrogens with two attached hydrogens (primary N) is 1. The van der Waals surface area contributed by atoms with Crippen LogP contribution in [-0.2, 0) is 19.1 Å². The minimum Gasteiger partial charge on any atom is -0.477 e. The van der Waals surface area contributed by atoms with Crippen molar-refractivity contribution >= 4 is 37.7 Å². The Labute approximate surface area is 133 Å². The van der Waals surface area contributed by atoms with Crippen molar-refractivity contribution in [2.75, 3.05) is 6.61 Å². The molecule has 3 N–H and O–H groups in total. The first-order valence-electron chi connectivity index (χ1n) is 6.89. The van der Waals surface area contributed by atoms with Crippen LogP contribution in [0.1, 0.15) is 6.92 Å². The monoisotopic (exact) mass is 344 g/mol. The number of ether oxygens (including phenoxy) is 1. The summed E-state index contributed by atoms with van der Waals surface area (Å²) in [6.45, 7) is 7.27. The van der Waals surface area contributed by atoms with Crippen molar-refractivity contribution in [3.63, 3.8) is 0 Å². The average Bonchev–Trinajstić information content (AvgIpc) is 2.33. The molecule has 0 spiro atoms. The zero-order chi connectivity index (χ0) is 16.8. The van der Waals surface area contributed by atoms with Crippen LogP contribution in [-0.4, -0.2) is 53.3 Å². The lowest BCUT2D eigenvalue weighted by Gasteiger charge is -2.54. The van der Waals surface area contributed by atoms with Crippen molar-refractivity contribution in [3.8, 4) is 0 Å². The molecule has 122 valence electrons. The Hall–Kier alpha value is -1.32. The quantitative estimate of drug-likeness (QED) is 0.441. The van der Waals surface area contributed by atoms with Crippen molar-refractivity contribution in [2.24, 2.45) is 5.73 Å². The Kier molecular flexibility index (Phi) is 4.42. The second-order valence-electron chi connectivity index (χ2n) is 6.46. The third-order valence-corrected chi connectivity index (χ3v) is 7.79. The number of amides is 1. The van der Waals surface area contributed by atoms with Crippen molar-refractivity contribution in [3.05, 3.63) is 11.3 Å². The summed E-state index contributed by atoms with van der Waals surface area (Å²) in [5, 5.41) is 8.64. The summed E-state index contributed by atoms with van der Waals surface area (Å²) in [7, 11) is -1.77. The van der Waals surface area contributed by atoms with Gasteiger partial charge in [-0.3, -0.25) is 14.5 Å². The molecule has 0 aromatic rings. The maximum Gasteiger partial charge on any atom is 0.352 e. The highest BCUT2D eigenvalue weighted by molar-refractivity contribution is 8.01. The number of fused-ring (bicyclic) bond motifs is 1. The van der Waals surface area contributed by atoms with E-state index < -0.39 is 25.4 Å². The van der Waals surface area contributed by atoms with Gasteiger partial charge in [0.05, 0.1) is 24.4 Å². The SMILES string of the molecule is CC(=O)OCC1=C(C(=O)O)N2C(=O)[C@@H]([Si](C)(C)C)[C@H]2SC1N. The van der Waals surface area contributed by atoms with E-state index in [0.29, 0.717) is 0 Å². The number of aliphatic carboxylic acids is 1. The predicted octanol–water partition coefficient (Wildman–Crippen LogP) is 0.796. The fourth-order valence-electron chi connectivity index (χ4n) is 2.73. The Morgan fingerprint density at radius 3 is 2.45 bits per heavy atom. The third kappa shape index (κ3) is 2.80. The molecule has 7 nitrogen and oxygen atoms in total. The highest BCUT2D eigenvalue weighted by atomic mass is 32.2. The summed E-state index contributed by atoms with van der Waals surface area (Å²) in [5.41, 5.74) is 6.06. The molecular formula is C13H20N2O5SSi. The average molecular weight is 344 g/mol. The number of β-lactam (4-membered cyclic amide) rings is 1. The topological polar surface area (TPSA) is 110 Å². The second-order valence-corrected chi connectivity index (χ2v) is 13.1. The number of thioether (sulfide) groups is 1. The molecule has 0 radical (unpaired) electrons. The molecule has 0 aromatic carbocycles. The molecule has 1 amide bonds. The maximum absolute atomic E-state index is 12.4. The number of rotatable bonds is 4. The fraction of sp³-hybridized carbons (Fsp3) is 0.615. The molecule has 1 unspecified atom stereocenters. The lowest BCUT2D eigenvalue weighted by molar-refractivity contribution is -0.146. The van der Waals surface area contributed by atoms with Gasteiger partial charge in [-0.05, 0) is 0 Å². The van der Waals surface area contributed by atoms with E-state index >= 15 is 0 Å². The maximum atomic E-state index is 12.4. The number of nitrogens with zero attached hydrogens (tertiary/aromatic N) is 1. The van der Waals surface area contributed by atoms with Crippen LogP contribution < -0.4 is 5.73 Å². The summed E-state index contributed by atoms with van der Waals surface area (Å²) in [6.07, 6.45) is 0. The van der Waals surface area contributed by atoms with Crippen LogP contribution in [0, 0.1) is 0 Å². The number of carboxylic acids is 1. The summed E-state index contributed by atoms with van der Waals surface area (Å²) < 4.78 is 4.89. The summed E-state index contributed by atoms with van der Waals surface area (Å²) in [5.74, 6) is -1.90. The van der Waals surface area contributed by atoms with Gasteiger partial charge in [-0.1, -0.05) is 19.6 Å². The standard InChI is InChI=1S/C13H20N2O5SSi/c1-6(16)20-5-7-8(13(18)19)15-11(17)9(22(2,3)4)12(15)21-10(7)14/h9-10,12H,5,14H2,1-4H3,(H,18,19)/t9-,10?,12-/m1/s1. The molecule has 1 saturated heterocycles. The first kappa shape index (κ1) is 17.0. The Balaban J connectivity index is 2.38. The molecule has 0 aliphatic carbocycles. The van der Waals surface area contributed by atoms with Crippen molar-refractivity contribution in [2.45, 2.75) is 42.9 Å². The molecule has 22 heavy (non-hydrogen) atoms. The van der Waals surface area contributed by atoms with E-state index in [2.05, 4.69) is 19.6 Å². The molecule has 2 aliphatic heterocycles. The molecule has 0 saturated carbocycles. The predicted molar refractivity (Wildman–Crippen MR) is 84.6 cm³/mol. The Bertz CT molecular complexity index is 571. The van der Waals surface area contributed by atoms with Gasteiger partial charge in [0, 0.05) is 12.5 Å². The van der Waals surface area contributed by atoms with E-state index in [9.17, 15) is 19.5 Å². The normalized spacial score (nSPS) is 28.1. The van der Waals surface area contributed by atoms with E-state index in [-0.39, 0.29) is 34.7 Å². The third-order valence-electron chi connectivity index (χ3n) is 3.78. The van der Waals surface area contributed by atoms with Crippen molar-refractivity contribution in [1.82, 2.24) is 4.90 Å². The van der Waals surface area contributed by atoms with Crippen LogP contribution in [0.2, 0.25) is 25.2 Å². The van der Waals surface area contributed by atoms with Crippen LogP contribution in [0.3, 0.4) is 0 Å². The van der Waals surface area contributed by atoms with E-state index in [1.54, 1.807) is 0 Å². The number of hydrogen-bond donors (Lipinski definition) is 2. The molecule has 2 aliphatic rings. The van der Waals surface area contributed by atoms with Gasteiger partial charge in [0.15, 0.2) is 0 Å². The van der Waals surface area contributed by atoms with Crippen molar-refractivity contribution in [1.29, 1.82) is 0 Å². The minimum absolute atomic E-state index is 0.128.